The summed E-state index contributed by atoms with van der Waals surface area (Å²) in [7, 11) is 10.6. The standard InChI is InChI=1S/4C4H11Si.4C2H6N.2Ti/c4*1-5(2,3)4;4*1-3-2;;/h4*1H2,2-4H3;4*1-2H3;;/q8*-1;2*+4. The zero-order valence-electron chi connectivity index (χ0n) is 27.6. The fourth-order valence-corrected chi connectivity index (χ4v) is 0. The summed E-state index contributed by atoms with van der Waals surface area (Å²) >= 11 is 0. The Balaban J connectivity index is -0.0000000243. The van der Waals surface area contributed by atoms with Gasteiger partial charge in [0.15, 0.2) is 0 Å². The first-order chi connectivity index (χ1) is 13.7. The zero-order chi connectivity index (χ0) is 28.8. The van der Waals surface area contributed by atoms with Crippen LogP contribution in [0.1, 0.15) is 0 Å². The molecule has 10 heteroatoms. The van der Waals surface area contributed by atoms with Crippen LogP contribution in [0.25, 0.3) is 21.3 Å². The monoisotopic (exact) mass is 620 g/mol. The number of rotatable bonds is 0. The van der Waals surface area contributed by atoms with Gasteiger partial charge in [-0.2, -0.15) is 56.4 Å². The molecule has 0 aromatic carbocycles. The average molecular weight is 621 g/mol. The van der Waals surface area contributed by atoms with E-state index in [0.29, 0.717) is 0 Å². The third kappa shape index (κ3) is 8210. The van der Waals surface area contributed by atoms with E-state index < -0.39 is 32.3 Å². The van der Waals surface area contributed by atoms with Crippen LogP contribution >= 0.6 is 0 Å². The van der Waals surface area contributed by atoms with E-state index in [9.17, 15) is 0 Å². The molecule has 0 amide bonds. The van der Waals surface area contributed by atoms with Gasteiger partial charge in [-0.3, -0.25) is 0 Å². The van der Waals surface area contributed by atoms with Crippen molar-refractivity contribution in [3.63, 3.8) is 0 Å². The van der Waals surface area contributed by atoms with Crippen molar-refractivity contribution in [2.75, 3.05) is 56.4 Å². The average Bonchev–Trinajstić information content (AvgIpc) is 2.32. The number of nitrogens with zero attached hydrogens (tertiary/aromatic N) is 4. The zero-order valence-corrected chi connectivity index (χ0v) is 34.7. The maximum Gasteiger partial charge on any atom is 4.00 e. The molecule has 34 heavy (non-hydrogen) atoms. The predicted molar refractivity (Wildman–Crippen MR) is 176 cm³/mol. The molecule has 4 nitrogen and oxygen atoms in total. The molecule has 0 N–H and O–H groups in total. The number of hydrogen-bond donors (Lipinski definition) is 0. The van der Waals surface area contributed by atoms with Crippen LogP contribution in [-0.2, 0) is 43.4 Å². The Morgan fingerprint density at radius 2 is 0.294 bits per heavy atom. The van der Waals surface area contributed by atoms with Crippen LogP contribution in [0.4, 0.5) is 0 Å². The van der Waals surface area contributed by atoms with Gasteiger partial charge in [0.25, 0.3) is 0 Å². The van der Waals surface area contributed by atoms with Crippen LogP contribution in [0.15, 0.2) is 0 Å². The van der Waals surface area contributed by atoms with Gasteiger partial charge in [0.05, 0.1) is 0 Å². The molecule has 0 spiro atoms. The van der Waals surface area contributed by atoms with Crippen LogP contribution in [0, 0.1) is 26.2 Å². The molecule has 0 fully saturated rings. The SMILES string of the molecule is C[N-]C.C[N-]C.C[N-]C.C[N-]C.[CH2-][Si](C)(C)C.[CH2-][Si](C)(C)C.[CH2-][Si](C)(C)C.[CH2-][Si](C)(C)C.[Ti+4].[Ti+4]. The van der Waals surface area contributed by atoms with Crippen LogP contribution in [-0.4, -0.2) is 88.7 Å². The topological polar surface area (TPSA) is 56.4 Å². The first-order valence-electron chi connectivity index (χ1n) is 11.0. The second kappa shape index (κ2) is 45.1. The summed E-state index contributed by atoms with van der Waals surface area (Å²) in [5.41, 5.74) is 0. The molecule has 0 aliphatic heterocycles. The Morgan fingerprint density at radius 1 is 0.294 bits per heavy atom. The van der Waals surface area contributed by atoms with E-state index >= 15 is 0 Å². The number of hydrogen-bond acceptors (Lipinski definition) is 0. The third-order valence-electron chi connectivity index (χ3n) is 0. The van der Waals surface area contributed by atoms with E-state index in [-0.39, 0.29) is 43.4 Å². The Bertz CT molecular complexity index is 196. The molecule has 0 unspecified atom stereocenters. The van der Waals surface area contributed by atoms with Gasteiger partial charge >= 0.3 is 43.4 Å². The van der Waals surface area contributed by atoms with Crippen molar-refractivity contribution < 1.29 is 43.4 Å². The molecule has 0 atom stereocenters. The van der Waals surface area contributed by atoms with E-state index in [4.69, 9.17) is 0 Å². The van der Waals surface area contributed by atoms with Crippen molar-refractivity contribution in [3.05, 3.63) is 47.5 Å². The largest absolute Gasteiger partial charge is 4.00 e. The van der Waals surface area contributed by atoms with Crippen molar-refractivity contribution in [3.8, 4) is 0 Å². The van der Waals surface area contributed by atoms with Crippen molar-refractivity contribution in [1.82, 2.24) is 0 Å². The first-order valence-corrected chi connectivity index (χ1v) is 25.8. The summed E-state index contributed by atoms with van der Waals surface area (Å²) in [6.45, 7) is 42.2. The molecule has 0 saturated heterocycles. The summed E-state index contributed by atoms with van der Waals surface area (Å²) in [4.78, 5) is 0. The van der Waals surface area contributed by atoms with Crippen LogP contribution < -0.4 is 0 Å². The minimum atomic E-state index is -0.861. The molecule has 0 heterocycles. The molecule has 0 saturated carbocycles. The van der Waals surface area contributed by atoms with Crippen LogP contribution in [0.2, 0.25) is 78.6 Å². The summed E-state index contributed by atoms with van der Waals surface area (Å²) in [6, 6.07) is 0. The van der Waals surface area contributed by atoms with Crippen molar-refractivity contribution in [2.24, 2.45) is 0 Å². The maximum absolute atomic E-state index is 3.91. The normalized spacial score (nSPS) is 9.18. The molecule has 0 aromatic heterocycles. The summed E-state index contributed by atoms with van der Waals surface area (Å²) in [5.74, 6) is 0. The van der Waals surface area contributed by atoms with Gasteiger partial charge in [-0.1, -0.05) is 78.6 Å². The summed E-state index contributed by atoms with van der Waals surface area (Å²) < 4.78 is 0. The van der Waals surface area contributed by atoms with Crippen LogP contribution in [0.5, 0.6) is 0 Å². The molecule has 0 aliphatic rings. The fraction of sp³-hybridized carbons (Fsp3) is 0.833. The molecule has 0 aromatic rings. The molecular formula is C24H68N4Si4Ti2. The minimum absolute atomic E-state index is 0. The van der Waals surface area contributed by atoms with Gasteiger partial charge in [0.1, 0.15) is 0 Å². The van der Waals surface area contributed by atoms with Gasteiger partial charge in [-0.15, -0.1) is 32.3 Å². The van der Waals surface area contributed by atoms with E-state index in [1.54, 1.807) is 56.4 Å². The molecule has 208 valence electrons. The first kappa shape index (κ1) is 65.3. The molecule has 0 rings (SSSR count). The van der Waals surface area contributed by atoms with Gasteiger partial charge < -0.3 is 47.5 Å². The van der Waals surface area contributed by atoms with Crippen molar-refractivity contribution in [1.29, 1.82) is 0 Å². The van der Waals surface area contributed by atoms with Crippen molar-refractivity contribution >= 4 is 32.3 Å². The van der Waals surface area contributed by atoms with Crippen LogP contribution in [0.3, 0.4) is 0 Å². The fourth-order valence-electron chi connectivity index (χ4n) is 0. The molecule has 0 bridgehead atoms. The summed E-state index contributed by atoms with van der Waals surface area (Å²) in [5, 5.41) is 14.0. The Kier molecular flexibility index (Phi) is 86.6. The second-order valence-corrected chi connectivity index (χ2v) is 32.5. The van der Waals surface area contributed by atoms with E-state index in [1.165, 1.54) is 0 Å². The second-order valence-electron chi connectivity index (χ2n) is 12.0. The van der Waals surface area contributed by atoms with Gasteiger partial charge in [0.2, 0.25) is 0 Å². The molecular weight excluding hydrogens is 552 g/mol. The van der Waals surface area contributed by atoms with Gasteiger partial charge in [-0.05, 0) is 0 Å². The predicted octanol–water partition coefficient (Wildman–Crippen LogP) is 9.27. The summed E-state index contributed by atoms with van der Waals surface area (Å²) in [6.07, 6.45) is 0. The van der Waals surface area contributed by atoms with Crippen molar-refractivity contribution in [2.45, 2.75) is 78.6 Å². The van der Waals surface area contributed by atoms with E-state index in [1.807, 2.05) is 0 Å². The maximum atomic E-state index is 3.91. The third-order valence-corrected chi connectivity index (χ3v) is 0. The molecule has 0 radical (unpaired) electrons. The Hall–Kier alpha value is 2.14. The van der Waals surface area contributed by atoms with E-state index in [2.05, 4.69) is 126 Å². The van der Waals surface area contributed by atoms with Gasteiger partial charge in [-0.25, -0.2) is 0 Å². The molecule has 0 aliphatic carbocycles. The minimum Gasteiger partial charge on any atom is -0.668 e. The quantitative estimate of drug-likeness (QED) is 0.191. The van der Waals surface area contributed by atoms with E-state index in [0.717, 1.165) is 0 Å². The smallest absolute Gasteiger partial charge is 0.668 e. The Morgan fingerprint density at radius 3 is 0.294 bits per heavy atom. The van der Waals surface area contributed by atoms with Gasteiger partial charge in [0, 0.05) is 0 Å². The Labute approximate surface area is 256 Å².